The van der Waals surface area contributed by atoms with Crippen LogP contribution in [0.1, 0.15) is 26.5 Å². The Morgan fingerprint density at radius 3 is 2.32 bits per heavy atom. The van der Waals surface area contributed by atoms with E-state index in [9.17, 15) is 9.59 Å². The number of imide groups is 1. The molecule has 0 bridgehead atoms. The number of hydrogen-bond donors (Lipinski definition) is 0. The van der Waals surface area contributed by atoms with Crippen molar-refractivity contribution in [2.45, 2.75) is 12.1 Å². The van der Waals surface area contributed by atoms with Crippen molar-refractivity contribution in [3.63, 3.8) is 0 Å². The summed E-state index contributed by atoms with van der Waals surface area (Å²) < 4.78 is 7.12. The first-order valence-electron chi connectivity index (χ1n) is 7.60. The predicted octanol–water partition coefficient (Wildman–Crippen LogP) is 2.73. The van der Waals surface area contributed by atoms with Gasteiger partial charge >= 0.3 is 0 Å². The number of nitrogens with zero attached hydrogens (tertiary/aromatic N) is 4. The predicted molar refractivity (Wildman–Crippen MR) is 91.1 cm³/mol. The van der Waals surface area contributed by atoms with Crippen LogP contribution in [0.4, 0.5) is 0 Å². The van der Waals surface area contributed by atoms with Gasteiger partial charge in [0.1, 0.15) is 5.76 Å². The maximum Gasteiger partial charge on any atom is 0.262 e. The summed E-state index contributed by atoms with van der Waals surface area (Å²) in [5.74, 6) is 1.06. The fraction of sp³-hybridized carbons (Fsp3) is 0.176. The second-order valence-electron chi connectivity index (χ2n) is 5.61. The molecule has 8 heteroatoms. The molecule has 0 saturated heterocycles. The van der Waals surface area contributed by atoms with Crippen molar-refractivity contribution in [1.82, 2.24) is 19.7 Å². The smallest absolute Gasteiger partial charge is 0.262 e. The zero-order valence-corrected chi connectivity index (χ0v) is 14.4. The Morgan fingerprint density at radius 2 is 1.72 bits per heavy atom. The van der Waals surface area contributed by atoms with Crippen LogP contribution in [-0.2, 0) is 7.05 Å². The van der Waals surface area contributed by atoms with Crippen LogP contribution in [0.25, 0.3) is 11.4 Å². The Bertz CT molecular complexity index is 956. The van der Waals surface area contributed by atoms with E-state index in [2.05, 4.69) is 10.2 Å². The number of rotatable bonds is 4. The van der Waals surface area contributed by atoms with Crippen LogP contribution in [0, 0.1) is 6.92 Å². The van der Waals surface area contributed by atoms with Crippen LogP contribution in [-0.4, -0.2) is 37.4 Å². The number of benzene rings is 1. The lowest BCUT2D eigenvalue weighted by Crippen LogP contribution is -2.29. The lowest BCUT2D eigenvalue weighted by molar-refractivity contribution is 0.0684. The second-order valence-corrected chi connectivity index (χ2v) is 6.53. The van der Waals surface area contributed by atoms with Crippen molar-refractivity contribution >= 4 is 23.6 Å². The molecule has 25 heavy (non-hydrogen) atoms. The van der Waals surface area contributed by atoms with E-state index in [0.717, 1.165) is 11.3 Å². The number of aromatic nitrogens is 3. The summed E-state index contributed by atoms with van der Waals surface area (Å²) in [6, 6.07) is 8.67. The van der Waals surface area contributed by atoms with Crippen LogP contribution in [0.5, 0.6) is 0 Å². The number of amides is 2. The summed E-state index contributed by atoms with van der Waals surface area (Å²) in [5.41, 5.74) is 1.75. The van der Waals surface area contributed by atoms with Crippen molar-refractivity contribution in [1.29, 1.82) is 0 Å². The molecule has 0 unspecified atom stereocenters. The normalized spacial score (nSPS) is 13.6. The molecule has 0 saturated carbocycles. The SMILES string of the molecule is Cc1occc1-c1nnc(SCN2C(=O)c3ccccc3C2=O)n1C. The van der Waals surface area contributed by atoms with Gasteiger partial charge in [0.05, 0.1) is 28.8 Å². The van der Waals surface area contributed by atoms with Gasteiger partial charge in [0, 0.05) is 7.05 Å². The molecule has 1 aliphatic heterocycles. The van der Waals surface area contributed by atoms with Crippen molar-refractivity contribution in [2.24, 2.45) is 7.05 Å². The highest BCUT2D eigenvalue weighted by Gasteiger charge is 2.35. The maximum absolute atomic E-state index is 12.4. The molecule has 2 amide bonds. The summed E-state index contributed by atoms with van der Waals surface area (Å²) in [4.78, 5) is 26.0. The third-order valence-corrected chi connectivity index (χ3v) is 5.14. The van der Waals surface area contributed by atoms with E-state index >= 15 is 0 Å². The van der Waals surface area contributed by atoms with Gasteiger partial charge in [-0.1, -0.05) is 23.9 Å². The van der Waals surface area contributed by atoms with Crippen molar-refractivity contribution in [3.8, 4) is 11.4 Å². The number of aryl methyl sites for hydroxylation is 1. The molecule has 0 aliphatic carbocycles. The lowest BCUT2D eigenvalue weighted by atomic mass is 10.1. The van der Waals surface area contributed by atoms with E-state index < -0.39 is 0 Å². The summed E-state index contributed by atoms with van der Waals surface area (Å²) in [5, 5.41) is 8.96. The van der Waals surface area contributed by atoms with Crippen molar-refractivity contribution in [3.05, 3.63) is 53.5 Å². The monoisotopic (exact) mass is 354 g/mol. The number of fused-ring (bicyclic) bond motifs is 1. The van der Waals surface area contributed by atoms with Crippen LogP contribution in [0.2, 0.25) is 0 Å². The van der Waals surface area contributed by atoms with Crippen LogP contribution in [0.3, 0.4) is 0 Å². The Morgan fingerprint density at radius 1 is 1.04 bits per heavy atom. The second kappa shape index (κ2) is 5.89. The molecule has 3 heterocycles. The summed E-state index contributed by atoms with van der Waals surface area (Å²) in [7, 11) is 1.84. The van der Waals surface area contributed by atoms with Gasteiger partial charge < -0.3 is 8.98 Å². The third kappa shape index (κ3) is 2.45. The van der Waals surface area contributed by atoms with Gasteiger partial charge in [-0.05, 0) is 25.1 Å². The molecule has 0 fully saturated rings. The Labute approximate surface area is 147 Å². The highest BCUT2D eigenvalue weighted by atomic mass is 32.2. The first-order valence-corrected chi connectivity index (χ1v) is 8.58. The fourth-order valence-corrected chi connectivity index (χ4v) is 3.63. The Hall–Kier alpha value is -2.87. The van der Waals surface area contributed by atoms with E-state index in [0.29, 0.717) is 22.1 Å². The van der Waals surface area contributed by atoms with Gasteiger partial charge in [0.15, 0.2) is 11.0 Å². The molecule has 1 aromatic carbocycles. The van der Waals surface area contributed by atoms with E-state index in [1.165, 1.54) is 16.7 Å². The zero-order chi connectivity index (χ0) is 17.6. The molecule has 0 N–H and O–H groups in total. The molecule has 1 aliphatic rings. The van der Waals surface area contributed by atoms with Crippen LogP contribution >= 0.6 is 11.8 Å². The largest absolute Gasteiger partial charge is 0.469 e. The van der Waals surface area contributed by atoms with Crippen molar-refractivity contribution < 1.29 is 14.0 Å². The quantitative estimate of drug-likeness (QED) is 0.529. The first kappa shape index (κ1) is 15.6. The number of hydrogen-bond acceptors (Lipinski definition) is 6. The topological polar surface area (TPSA) is 81.2 Å². The summed E-state index contributed by atoms with van der Waals surface area (Å²) in [6.45, 7) is 1.86. The van der Waals surface area contributed by atoms with Gasteiger partial charge in [-0.3, -0.25) is 14.5 Å². The maximum atomic E-state index is 12.4. The number of furan rings is 1. The molecule has 0 atom stereocenters. The molecule has 0 radical (unpaired) electrons. The molecule has 4 rings (SSSR count). The molecule has 2 aromatic heterocycles. The highest BCUT2D eigenvalue weighted by molar-refractivity contribution is 7.99. The molecular weight excluding hydrogens is 340 g/mol. The van der Waals surface area contributed by atoms with Gasteiger partial charge in [-0.2, -0.15) is 0 Å². The average molecular weight is 354 g/mol. The minimum Gasteiger partial charge on any atom is -0.469 e. The standard InChI is InChI=1S/C17H14N4O3S/c1-10-11(7-8-24-10)14-18-19-17(20(14)2)25-9-21-15(22)12-5-3-4-6-13(12)16(21)23/h3-8H,9H2,1-2H3. The zero-order valence-electron chi connectivity index (χ0n) is 13.6. The molecular formula is C17H14N4O3S. The molecule has 0 spiro atoms. The minimum atomic E-state index is -0.277. The van der Waals surface area contributed by atoms with Crippen LogP contribution in [0.15, 0.2) is 46.2 Å². The van der Waals surface area contributed by atoms with E-state index in [4.69, 9.17) is 4.42 Å². The van der Waals surface area contributed by atoms with Gasteiger partial charge in [0.2, 0.25) is 0 Å². The number of thioether (sulfide) groups is 1. The Balaban J connectivity index is 1.54. The number of carbonyl (C=O) groups excluding carboxylic acids is 2. The average Bonchev–Trinajstić information content (AvgIpc) is 3.26. The highest BCUT2D eigenvalue weighted by Crippen LogP contribution is 2.29. The summed E-state index contributed by atoms with van der Waals surface area (Å²) in [6.07, 6.45) is 1.60. The third-order valence-electron chi connectivity index (χ3n) is 4.14. The fourth-order valence-electron chi connectivity index (χ4n) is 2.77. The summed E-state index contributed by atoms with van der Waals surface area (Å²) >= 11 is 1.29. The van der Waals surface area contributed by atoms with Gasteiger partial charge in [-0.25, -0.2) is 0 Å². The van der Waals surface area contributed by atoms with E-state index in [1.54, 1.807) is 30.5 Å². The molecule has 126 valence electrons. The van der Waals surface area contributed by atoms with Gasteiger partial charge in [-0.15, -0.1) is 10.2 Å². The van der Waals surface area contributed by atoms with Gasteiger partial charge in [0.25, 0.3) is 11.8 Å². The van der Waals surface area contributed by atoms with Crippen molar-refractivity contribution in [2.75, 3.05) is 5.88 Å². The number of carbonyl (C=O) groups is 2. The lowest BCUT2D eigenvalue weighted by Gasteiger charge is -2.12. The van der Waals surface area contributed by atoms with E-state index in [1.807, 2.05) is 24.6 Å². The molecule has 7 nitrogen and oxygen atoms in total. The molecule has 3 aromatic rings. The van der Waals surface area contributed by atoms with Crippen LogP contribution < -0.4 is 0 Å². The Kier molecular flexibility index (Phi) is 3.69. The minimum absolute atomic E-state index is 0.183. The van der Waals surface area contributed by atoms with E-state index in [-0.39, 0.29) is 17.7 Å². The first-order chi connectivity index (χ1) is 12.1.